The van der Waals surface area contributed by atoms with Crippen LogP contribution in [0.4, 0.5) is 0 Å². The second kappa shape index (κ2) is 5.87. The molecule has 1 unspecified atom stereocenters. The van der Waals surface area contributed by atoms with Crippen LogP contribution in [0, 0.1) is 5.92 Å². The summed E-state index contributed by atoms with van der Waals surface area (Å²) in [5.41, 5.74) is 1.15. The summed E-state index contributed by atoms with van der Waals surface area (Å²) in [6.45, 7) is 2.89. The average molecular weight is 261 g/mol. The highest BCUT2D eigenvalue weighted by atomic mass is 16.1. The first-order valence-corrected chi connectivity index (χ1v) is 7.57. The van der Waals surface area contributed by atoms with E-state index in [1.807, 2.05) is 0 Å². The van der Waals surface area contributed by atoms with E-state index in [0.717, 1.165) is 44.5 Å². The van der Waals surface area contributed by atoms with Crippen LogP contribution in [0.3, 0.4) is 0 Å². The van der Waals surface area contributed by atoms with Crippen molar-refractivity contribution in [2.24, 2.45) is 5.92 Å². The maximum Gasteiger partial charge on any atom is 0.124 e. The summed E-state index contributed by atoms with van der Waals surface area (Å²) in [6.07, 6.45) is 10.7. The highest BCUT2D eigenvalue weighted by Crippen LogP contribution is 2.28. The van der Waals surface area contributed by atoms with E-state index >= 15 is 0 Å². The molecule has 0 radical (unpaired) electrons. The zero-order valence-electron chi connectivity index (χ0n) is 11.5. The molecule has 0 amide bonds. The predicted octanol–water partition coefficient (Wildman–Crippen LogP) is 2.41. The van der Waals surface area contributed by atoms with Gasteiger partial charge in [-0.25, -0.2) is 0 Å². The number of carbonyl (C=O) groups is 1. The molecule has 1 saturated heterocycles. The van der Waals surface area contributed by atoms with Crippen molar-refractivity contribution in [3.05, 3.63) is 18.0 Å². The van der Waals surface area contributed by atoms with Gasteiger partial charge in [-0.15, -0.1) is 0 Å². The summed E-state index contributed by atoms with van der Waals surface area (Å²) in [5, 5.41) is 4.72. The first-order chi connectivity index (χ1) is 9.35. The molecule has 4 nitrogen and oxygen atoms in total. The molecular weight excluding hydrogens is 238 g/mol. The first kappa shape index (κ1) is 12.9. The molecule has 1 aromatic heterocycles. The summed E-state index contributed by atoms with van der Waals surface area (Å²) < 4.78 is 2.16. The van der Waals surface area contributed by atoms with Crippen molar-refractivity contribution in [3.8, 4) is 0 Å². The van der Waals surface area contributed by atoms with E-state index in [-0.39, 0.29) is 5.92 Å². The van der Waals surface area contributed by atoms with Crippen LogP contribution in [-0.2, 0) is 11.3 Å². The molecule has 0 aromatic carbocycles. The molecule has 1 aromatic rings. The summed E-state index contributed by atoms with van der Waals surface area (Å²) in [6, 6.07) is 2.76. The molecule has 0 N–H and O–H groups in total. The maximum atomic E-state index is 10.9. The van der Waals surface area contributed by atoms with Gasteiger partial charge in [0, 0.05) is 25.2 Å². The smallest absolute Gasteiger partial charge is 0.124 e. The number of nitrogens with zero attached hydrogens (tertiary/aromatic N) is 3. The zero-order valence-corrected chi connectivity index (χ0v) is 11.5. The van der Waals surface area contributed by atoms with Gasteiger partial charge in [-0.3, -0.25) is 9.58 Å². The summed E-state index contributed by atoms with van der Waals surface area (Å²) >= 11 is 0. The van der Waals surface area contributed by atoms with Gasteiger partial charge >= 0.3 is 0 Å². The van der Waals surface area contributed by atoms with Crippen LogP contribution in [0.1, 0.15) is 50.3 Å². The van der Waals surface area contributed by atoms with Crippen molar-refractivity contribution in [1.82, 2.24) is 14.7 Å². The van der Waals surface area contributed by atoms with Gasteiger partial charge in [0.15, 0.2) is 0 Å². The van der Waals surface area contributed by atoms with Gasteiger partial charge in [-0.2, -0.15) is 5.10 Å². The van der Waals surface area contributed by atoms with E-state index in [9.17, 15) is 4.79 Å². The number of hydrogen-bond acceptors (Lipinski definition) is 3. The second-order valence-electron chi connectivity index (χ2n) is 6.00. The quantitative estimate of drug-likeness (QED) is 0.781. The van der Waals surface area contributed by atoms with E-state index in [0.29, 0.717) is 6.04 Å². The van der Waals surface area contributed by atoms with Crippen molar-refractivity contribution in [1.29, 1.82) is 0 Å². The third-order valence-electron chi connectivity index (χ3n) is 4.48. The Hall–Kier alpha value is -1.16. The molecule has 1 aliphatic carbocycles. The minimum atomic E-state index is 0.227. The molecule has 1 saturated carbocycles. The number of aldehydes is 1. The Labute approximate surface area is 114 Å². The van der Waals surface area contributed by atoms with Crippen LogP contribution in [0.25, 0.3) is 0 Å². The normalized spacial score (nSPS) is 25.8. The lowest BCUT2D eigenvalue weighted by Crippen LogP contribution is -2.35. The van der Waals surface area contributed by atoms with Gasteiger partial charge < -0.3 is 4.79 Å². The van der Waals surface area contributed by atoms with Gasteiger partial charge in [-0.1, -0.05) is 12.8 Å². The van der Waals surface area contributed by atoms with Crippen LogP contribution < -0.4 is 0 Å². The van der Waals surface area contributed by atoms with Gasteiger partial charge in [0.05, 0.1) is 11.7 Å². The van der Waals surface area contributed by atoms with Gasteiger partial charge in [0.2, 0.25) is 0 Å². The maximum absolute atomic E-state index is 10.9. The Morgan fingerprint density at radius 1 is 1.26 bits per heavy atom. The minimum Gasteiger partial charge on any atom is -0.303 e. The van der Waals surface area contributed by atoms with Crippen LogP contribution in [0.5, 0.6) is 0 Å². The fraction of sp³-hybridized carbons (Fsp3) is 0.733. The lowest BCUT2D eigenvalue weighted by atomic mass is 10.00. The standard InChI is InChI=1S/C15H23N3O/c19-12-13-4-3-8-17(10-13)11-14-7-9-18(16-14)15-5-1-2-6-15/h7,9,12-13,15H,1-6,8,10-11H2. The van der Waals surface area contributed by atoms with Crippen LogP contribution in [0.15, 0.2) is 12.3 Å². The number of carbonyl (C=O) groups excluding carboxylic acids is 1. The molecule has 4 heteroatoms. The van der Waals surface area contributed by atoms with E-state index in [2.05, 4.69) is 21.8 Å². The summed E-state index contributed by atoms with van der Waals surface area (Å²) in [7, 11) is 0. The Morgan fingerprint density at radius 2 is 2.11 bits per heavy atom. The Kier molecular flexibility index (Phi) is 3.97. The number of hydrogen-bond donors (Lipinski definition) is 0. The SMILES string of the molecule is O=CC1CCCN(Cc2ccn(C3CCCC3)n2)C1. The highest BCUT2D eigenvalue weighted by Gasteiger charge is 2.21. The lowest BCUT2D eigenvalue weighted by Gasteiger charge is -2.29. The fourth-order valence-corrected chi connectivity index (χ4v) is 3.41. The third kappa shape index (κ3) is 3.06. The Balaban J connectivity index is 1.58. The average Bonchev–Trinajstić information content (AvgIpc) is 3.09. The largest absolute Gasteiger partial charge is 0.303 e. The van der Waals surface area contributed by atoms with Gasteiger partial charge in [0.25, 0.3) is 0 Å². The molecule has 0 spiro atoms. The summed E-state index contributed by atoms with van der Waals surface area (Å²) in [5.74, 6) is 0.227. The summed E-state index contributed by atoms with van der Waals surface area (Å²) in [4.78, 5) is 13.3. The van der Waals surface area contributed by atoms with Crippen LogP contribution in [0.2, 0.25) is 0 Å². The van der Waals surface area contributed by atoms with Crippen molar-refractivity contribution in [2.75, 3.05) is 13.1 Å². The lowest BCUT2D eigenvalue weighted by molar-refractivity contribution is -0.112. The minimum absolute atomic E-state index is 0.227. The molecule has 1 atom stereocenters. The highest BCUT2D eigenvalue weighted by molar-refractivity contribution is 5.53. The number of aromatic nitrogens is 2. The van der Waals surface area contributed by atoms with Crippen molar-refractivity contribution in [3.63, 3.8) is 0 Å². The molecule has 3 rings (SSSR count). The zero-order chi connectivity index (χ0) is 13.1. The van der Waals surface area contributed by atoms with Crippen molar-refractivity contribution in [2.45, 2.75) is 51.1 Å². The molecule has 2 heterocycles. The first-order valence-electron chi connectivity index (χ1n) is 7.57. The van der Waals surface area contributed by atoms with Gasteiger partial charge in [-0.05, 0) is 38.3 Å². The fourth-order valence-electron chi connectivity index (χ4n) is 3.41. The molecule has 0 bridgehead atoms. The van der Waals surface area contributed by atoms with E-state index in [1.165, 1.54) is 25.7 Å². The van der Waals surface area contributed by atoms with Crippen LogP contribution >= 0.6 is 0 Å². The Morgan fingerprint density at radius 3 is 2.89 bits per heavy atom. The monoisotopic (exact) mass is 261 g/mol. The van der Waals surface area contributed by atoms with Crippen molar-refractivity contribution < 1.29 is 4.79 Å². The molecular formula is C15H23N3O. The number of likely N-dealkylation sites (tertiary alicyclic amines) is 1. The van der Waals surface area contributed by atoms with Gasteiger partial charge in [0.1, 0.15) is 6.29 Å². The molecule has 104 valence electrons. The third-order valence-corrected chi connectivity index (χ3v) is 4.48. The molecule has 19 heavy (non-hydrogen) atoms. The molecule has 1 aliphatic heterocycles. The van der Waals surface area contributed by atoms with E-state index in [1.54, 1.807) is 0 Å². The molecule has 2 fully saturated rings. The Bertz CT molecular complexity index is 423. The number of rotatable bonds is 4. The predicted molar refractivity (Wildman–Crippen MR) is 73.8 cm³/mol. The van der Waals surface area contributed by atoms with Crippen LogP contribution in [-0.4, -0.2) is 34.1 Å². The van der Waals surface area contributed by atoms with E-state index < -0.39 is 0 Å². The number of piperidine rings is 1. The van der Waals surface area contributed by atoms with Crippen molar-refractivity contribution >= 4 is 6.29 Å². The second-order valence-corrected chi connectivity index (χ2v) is 6.00. The topological polar surface area (TPSA) is 38.1 Å². The molecule has 2 aliphatic rings. The van der Waals surface area contributed by atoms with E-state index in [4.69, 9.17) is 5.10 Å².